The van der Waals surface area contributed by atoms with E-state index in [0.717, 1.165) is 31.5 Å². The number of amides is 2. The standard InChI is InChI=1S/C20H23ClN2O2S2/c1-14-8-11-22(12-9-14)18(24)7-4-10-23-19(25)17(27-20(23)26)13-15-5-2-3-6-16(15)21/h2-3,5-6,13-14H,4,7-12H2,1H3/b17-13-. The summed E-state index contributed by atoms with van der Waals surface area (Å²) in [6.07, 6.45) is 5.01. The van der Waals surface area contributed by atoms with Crippen LogP contribution in [0.1, 0.15) is 38.2 Å². The number of hydrogen-bond donors (Lipinski definition) is 0. The Kier molecular flexibility index (Phi) is 6.95. The van der Waals surface area contributed by atoms with E-state index in [1.165, 1.54) is 11.8 Å². The molecule has 0 bridgehead atoms. The number of benzene rings is 1. The molecule has 0 atom stereocenters. The van der Waals surface area contributed by atoms with Gasteiger partial charge in [-0.05, 0) is 42.9 Å². The topological polar surface area (TPSA) is 40.6 Å². The van der Waals surface area contributed by atoms with Crippen molar-refractivity contribution in [3.63, 3.8) is 0 Å². The molecule has 1 aromatic carbocycles. The Morgan fingerprint density at radius 3 is 2.74 bits per heavy atom. The molecule has 2 aliphatic heterocycles. The Labute approximate surface area is 174 Å². The number of carbonyl (C=O) groups is 2. The molecule has 0 aromatic heterocycles. The molecule has 4 nitrogen and oxygen atoms in total. The van der Waals surface area contributed by atoms with E-state index in [1.807, 2.05) is 23.1 Å². The van der Waals surface area contributed by atoms with Gasteiger partial charge in [-0.1, -0.05) is 60.7 Å². The minimum Gasteiger partial charge on any atom is -0.343 e. The van der Waals surface area contributed by atoms with E-state index in [4.69, 9.17) is 23.8 Å². The lowest BCUT2D eigenvalue weighted by Crippen LogP contribution is -2.38. The molecule has 2 saturated heterocycles. The van der Waals surface area contributed by atoms with Crippen LogP contribution in [-0.2, 0) is 9.59 Å². The molecule has 2 fully saturated rings. The molecule has 0 aliphatic carbocycles. The van der Waals surface area contributed by atoms with Gasteiger partial charge in [0, 0.05) is 31.1 Å². The zero-order valence-corrected chi connectivity index (χ0v) is 17.7. The van der Waals surface area contributed by atoms with Crippen molar-refractivity contribution in [3.05, 3.63) is 39.8 Å². The van der Waals surface area contributed by atoms with Gasteiger partial charge in [0.1, 0.15) is 4.32 Å². The molecule has 2 aliphatic rings. The lowest BCUT2D eigenvalue weighted by atomic mass is 9.99. The van der Waals surface area contributed by atoms with Crippen LogP contribution in [0.25, 0.3) is 6.08 Å². The highest BCUT2D eigenvalue weighted by Crippen LogP contribution is 2.33. The molecule has 144 valence electrons. The largest absolute Gasteiger partial charge is 0.343 e. The monoisotopic (exact) mass is 422 g/mol. The van der Waals surface area contributed by atoms with Gasteiger partial charge in [0.15, 0.2) is 0 Å². The third kappa shape index (κ3) is 5.12. The zero-order chi connectivity index (χ0) is 19.4. The van der Waals surface area contributed by atoms with Gasteiger partial charge in [0.05, 0.1) is 4.91 Å². The van der Waals surface area contributed by atoms with Crippen LogP contribution in [0, 0.1) is 5.92 Å². The van der Waals surface area contributed by atoms with E-state index in [0.29, 0.717) is 39.6 Å². The van der Waals surface area contributed by atoms with Gasteiger partial charge in [-0.3, -0.25) is 14.5 Å². The first-order valence-corrected chi connectivity index (χ1v) is 10.8. The number of halogens is 1. The first kappa shape index (κ1) is 20.4. The molecule has 0 saturated carbocycles. The number of rotatable bonds is 5. The Morgan fingerprint density at radius 1 is 1.33 bits per heavy atom. The maximum Gasteiger partial charge on any atom is 0.266 e. The summed E-state index contributed by atoms with van der Waals surface area (Å²) in [5.74, 6) is 0.775. The predicted molar refractivity (Wildman–Crippen MR) is 116 cm³/mol. The molecule has 0 unspecified atom stereocenters. The van der Waals surface area contributed by atoms with Crippen LogP contribution in [0.4, 0.5) is 0 Å². The summed E-state index contributed by atoms with van der Waals surface area (Å²) in [6, 6.07) is 7.39. The fourth-order valence-electron chi connectivity index (χ4n) is 3.23. The summed E-state index contributed by atoms with van der Waals surface area (Å²) < 4.78 is 0.539. The van der Waals surface area contributed by atoms with E-state index >= 15 is 0 Å². The number of thiocarbonyl (C=S) groups is 1. The van der Waals surface area contributed by atoms with E-state index in [2.05, 4.69) is 6.92 Å². The SMILES string of the molecule is CC1CCN(C(=O)CCCN2C(=O)/C(=C/c3ccccc3Cl)SC2=S)CC1. The molecule has 2 heterocycles. The van der Waals surface area contributed by atoms with Gasteiger partial charge in [0.2, 0.25) is 5.91 Å². The highest BCUT2D eigenvalue weighted by Gasteiger charge is 2.32. The third-order valence-electron chi connectivity index (χ3n) is 4.97. The first-order valence-electron chi connectivity index (χ1n) is 9.23. The molecular formula is C20H23ClN2O2S2. The van der Waals surface area contributed by atoms with Crippen molar-refractivity contribution in [2.45, 2.75) is 32.6 Å². The van der Waals surface area contributed by atoms with E-state index in [1.54, 1.807) is 17.0 Å². The van der Waals surface area contributed by atoms with Crippen molar-refractivity contribution in [2.24, 2.45) is 5.92 Å². The maximum absolute atomic E-state index is 12.7. The second-order valence-corrected chi connectivity index (χ2v) is 9.10. The molecule has 7 heteroatoms. The number of likely N-dealkylation sites (tertiary alicyclic amines) is 1. The first-order chi connectivity index (χ1) is 13.0. The normalized spacial score (nSPS) is 20.0. The second kappa shape index (κ2) is 9.22. The van der Waals surface area contributed by atoms with Gasteiger partial charge in [0.25, 0.3) is 5.91 Å². The fourth-order valence-corrected chi connectivity index (χ4v) is 4.72. The summed E-state index contributed by atoms with van der Waals surface area (Å²) >= 11 is 12.8. The van der Waals surface area contributed by atoms with Crippen molar-refractivity contribution >= 4 is 57.8 Å². The third-order valence-corrected chi connectivity index (χ3v) is 6.70. The molecule has 2 amide bonds. The number of nitrogens with zero attached hydrogens (tertiary/aromatic N) is 2. The minimum atomic E-state index is -0.107. The molecule has 27 heavy (non-hydrogen) atoms. The van der Waals surface area contributed by atoms with Crippen molar-refractivity contribution in [2.75, 3.05) is 19.6 Å². The molecule has 3 rings (SSSR count). The van der Waals surface area contributed by atoms with E-state index < -0.39 is 0 Å². The van der Waals surface area contributed by atoms with Crippen molar-refractivity contribution in [3.8, 4) is 0 Å². The van der Waals surface area contributed by atoms with E-state index in [9.17, 15) is 9.59 Å². The van der Waals surface area contributed by atoms with Crippen molar-refractivity contribution in [1.29, 1.82) is 0 Å². The molecule has 0 N–H and O–H groups in total. The van der Waals surface area contributed by atoms with Crippen LogP contribution < -0.4 is 0 Å². The summed E-state index contributed by atoms with van der Waals surface area (Å²) in [5, 5.41) is 0.601. The van der Waals surface area contributed by atoms with Crippen LogP contribution >= 0.6 is 35.6 Å². The summed E-state index contributed by atoms with van der Waals surface area (Å²) in [6.45, 7) is 4.40. The highest BCUT2D eigenvalue weighted by atomic mass is 35.5. The maximum atomic E-state index is 12.7. The minimum absolute atomic E-state index is 0.107. The Morgan fingerprint density at radius 2 is 2.04 bits per heavy atom. The summed E-state index contributed by atoms with van der Waals surface area (Å²) in [4.78, 5) is 29.1. The van der Waals surface area contributed by atoms with Crippen LogP contribution in [0.15, 0.2) is 29.2 Å². The summed E-state index contributed by atoms with van der Waals surface area (Å²) in [7, 11) is 0. The van der Waals surface area contributed by atoms with Gasteiger partial charge >= 0.3 is 0 Å². The Bertz CT molecular complexity index is 773. The molecule has 1 aromatic rings. The van der Waals surface area contributed by atoms with Crippen molar-refractivity contribution < 1.29 is 9.59 Å². The Hall–Kier alpha value is -1.37. The number of piperidine rings is 1. The predicted octanol–water partition coefficient (Wildman–Crippen LogP) is 4.58. The zero-order valence-electron chi connectivity index (χ0n) is 15.3. The number of carbonyl (C=O) groups excluding carboxylic acids is 2. The number of thioether (sulfide) groups is 1. The van der Waals surface area contributed by atoms with Gasteiger partial charge < -0.3 is 4.90 Å². The average molecular weight is 423 g/mol. The van der Waals surface area contributed by atoms with Gasteiger partial charge in [-0.2, -0.15) is 0 Å². The number of hydrogen-bond acceptors (Lipinski definition) is 4. The van der Waals surface area contributed by atoms with Crippen LogP contribution in [0.2, 0.25) is 5.02 Å². The molecule has 0 spiro atoms. The van der Waals surface area contributed by atoms with Gasteiger partial charge in [-0.15, -0.1) is 0 Å². The lowest BCUT2D eigenvalue weighted by Gasteiger charge is -2.30. The Balaban J connectivity index is 1.53. The van der Waals surface area contributed by atoms with Gasteiger partial charge in [-0.25, -0.2) is 0 Å². The van der Waals surface area contributed by atoms with Crippen molar-refractivity contribution in [1.82, 2.24) is 9.80 Å². The van der Waals surface area contributed by atoms with Crippen LogP contribution in [-0.4, -0.2) is 45.6 Å². The van der Waals surface area contributed by atoms with Crippen LogP contribution in [0.3, 0.4) is 0 Å². The fraction of sp³-hybridized carbons (Fsp3) is 0.450. The average Bonchev–Trinajstić information content (AvgIpc) is 2.91. The van der Waals surface area contributed by atoms with E-state index in [-0.39, 0.29) is 11.8 Å². The summed E-state index contributed by atoms with van der Waals surface area (Å²) in [5.41, 5.74) is 0.800. The smallest absolute Gasteiger partial charge is 0.266 e. The quantitative estimate of drug-likeness (QED) is 0.514. The molecule has 0 radical (unpaired) electrons. The molecular weight excluding hydrogens is 400 g/mol. The lowest BCUT2D eigenvalue weighted by molar-refractivity contribution is -0.133. The second-order valence-electron chi connectivity index (χ2n) is 7.02. The van der Waals surface area contributed by atoms with Crippen LogP contribution in [0.5, 0.6) is 0 Å². The highest BCUT2D eigenvalue weighted by molar-refractivity contribution is 8.26.